The molecule has 0 aromatic heterocycles. The summed E-state index contributed by atoms with van der Waals surface area (Å²) in [5, 5.41) is 0. The zero-order chi connectivity index (χ0) is 15.6. The number of hydrogen-bond acceptors (Lipinski definition) is 2. The van der Waals surface area contributed by atoms with Crippen molar-refractivity contribution in [1.82, 2.24) is 4.90 Å². The number of hydrogen-bond donors (Lipinski definition) is 0. The zero-order valence-corrected chi connectivity index (χ0v) is 14.3. The van der Waals surface area contributed by atoms with Crippen molar-refractivity contribution in [2.24, 2.45) is 5.41 Å². The molecule has 0 unspecified atom stereocenters. The van der Waals surface area contributed by atoms with Crippen LogP contribution < -0.4 is 0 Å². The van der Waals surface area contributed by atoms with E-state index in [1.54, 1.807) is 0 Å². The topological polar surface area (TPSA) is 20.3 Å². The number of nitrogens with zero attached hydrogens (tertiary/aromatic N) is 1. The highest BCUT2D eigenvalue weighted by Crippen LogP contribution is 2.37. The molecule has 1 aliphatic rings. The minimum absolute atomic E-state index is 0.285. The predicted molar refractivity (Wildman–Crippen MR) is 89.1 cm³/mol. The van der Waals surface area contributed by atoms with Crippen LogP contribution in [0.1, 0.15) is 60.2 Å². The molecule has 0 atom stereocenters. The van der Waals surface area contributed by atoms with E-state index >= 15 is 0 Å². The average molecular weight is 287 g/mol. The number of Topliss-reactive ketones (excluding diaryl/α,β-unsaturated/α-hetero) is 1. The highest BCUT2D eigenvalue weighted by Gasteiger charge is 2.35. The SMILES string of the molecule is CCC1(CC)CCN(CC(=O)c2c(C)cc(C)cc2C)C1. The summed E-state index contributed by atoms with van der Waals surface area (Å²) in [6.45, 7) is 13.5. The minimum Gasteiger partial charge on any atom is -0.295 e. The standard InChI is InChI=1S/C19H29NO/c1-6-19(7-2)8-9-20(13-19)12-17(21)18-15(4)10-14(3)11-16(18)5/h10-11H,6-9,12-13H2,1-5H3. The van der Waals surface area contributed by atoms with Gasteiger partial charge >= 0.3 is 0 Å². The molecule has 0 aliphatic carbocycles. The van der Waals surface area contributed by atoms with E-state index in [-0.39, 0.29) is 5.78 Å². The Hall–Kier alpha value is -1.15. The molecule has 0 amide bonds. The number of rotatable bonds is 5. The number of aryl methyl sites for hydroxylation is 3. The van der Waals surface area contributed by atoms with Crippen molar-refractivity contribution in [2.75, 3.05) is 19.6 Å². The molecular formula is C19H29NO. The Kier molecular flexibility index (Phi) is 4.88. The van der Waals surface area contributed by atoms with Crippen LogP contribution in [-0.4, -0.2) is 30.3 Å². The fourth-order valence-corrected chi connectivity index (χ4v) is 3.89. The summed E-state index contributed by atoms with van der Waals surface area (Å²) < 4.78 is 0. The van der Waals surface area contributed by atoms with Gasteiger partial charge in [0.1, 0.15) is 0 Å². The molecule has 0 N–H and O–H groups in total. The van der Waals surface area contributed by atoms with E-state index in [9.17, 15) is 4.79 Å². The summed E-state index contributed by atoms with van der Waals surface area (Å²) >= 11 is 0. The minimum atomic E-state index is 0.285. The Bertz CT molecular complexity index is 505. The monoisotopic (exact) mass is 287 g/mol. The van der Waals surface area contributed by atoms with E-state index in [1.807, 2.05) is 0 Å². The number of benzene rings is 1. The first-order chi connectivity index (χ1) is 9.90. The van der Waals surface area contributed by atoms with E-state index in [0.29, 0.717) is 12.0 Å². The molecular weight excluding hydrogens is 258 g/mol. The van der Waals surface area contributed by atoms with Crippen molar-refractivity contribution in [1.29, 1.82) is 0 Å². The van der Waals surface area contributed by atoms with Crippen molar-refractivity contribution in [3.63, 3.8) is 0 Å². The normalized spacial score (nSPS) is 18.1. The van der Waals surface area contributed by atoms with Crippen LogP contribution in [0.2, 0.25) is 0 Å². The first-order valence-electron chi connectivity index (χ1n) is 8.24. The van der Waals surface area contributed by atoms with E-state index in [1.165, 1.54) is 24.8 Å². The van der Waals surface area contributed by atoms with Crippen LogP contribution in [0.4, 0.5) is 0 Å². The Morgan fingerprint density at radius 1 is 1.14 bits per heavy atom. The average Bonchev–Trinajstić information content (AvgIpc) is 2.81. The number of carbonyl (C=O) groups excluding carboxylic acids is 1. The highest BCUT2D eigenvalue weighted by atomic mass is 16.1. The van der Waals surface area contributed by atoms with Crippen molar-refractivity contribution >= 4 is 5.78 Å². The van der Waals surface area contributed by atoms with Crippen LogP contribution in [0.15, 0.2) is 12.1 Å². The van der Waals surface area contributed by atoms with Crippen molar-refractivity contribution in [2.45, 2.75) is 53.9 Å². The van der Waals surface area contributed by atoms with Gasteiger partial charge in [-0.25, -0.2) is 0 Å². The van der Waals surface area contributed by atoms with Crippen LogP contribution in [0.5, 0.6) is 0 Å². The molecule has 1 aromatic carbocycles. The van der Waals surface area contributed by atoms with Crippen molar-refractivity contribution in [3.8, 4) is 0 Å². The molecule has 1 fully saturated rings. The van der Waals surface area contributed by atoms with Gasteiger partial charge in [0.05, 0.1) is 6.54 Å². The summed E-state index contributed by atoms with van der Waals surface area (Å²) in [7, 11) is 0. The highest BCUT2D eigenvalue weighted by molar-refractivity contribution is 6.00. The molecule has 0 saturated carbocycles. The number of ketones is 1. The van der Waals surface area contributed by atoms with Gasteiger partial charge < -0.3 is 0 Å². The summed E-state index contributed by atoms with van der Waals surface area (Å²) in [5.41, 5.74) is 4.85. The predicted octanol–water partition coefficient (Wildman–Crippen LogP) is 4.31. The molecule has 2 heteroatoms. The fourth-order valence-electron chi connectivity index (χ4n) is 3.89. The zero-order valence-electron chi connectivity index (χ0n) is 14.3. The summed E-state index contributed by atoms with van der Waals surface area (Å²) in [6.07, 6.45) is 3.67. The van der Waals surface area contributed by atoms with Crippen molar-refractivity contribution < 1.29 is 4.79 Å². The lowest BCUT2D eigenvalue weighted by atomic mass is 9.82. The van der Waals surface area contributed by atoms with Gasteiger partial charge in [0.2, 0.25) is 0 Å². The van der Waals surface area contributed by atoms with E-state index < -0.39 is 0 Å². The first-order valence-corrected chi connectivity index (χ1v) is 8.24. The smallest absolute Gasteiger partial charge is 0.177 e. The Morgan fingerprint density at radius 3 is 2.19 bits per heavy atom. The molecule has 1 heterocycles. The molecule has 0 spiro atoms. The Morgan fingerprint density at radius 2 is 1.71 bits per heavy atom. The molecule has 21 heavy (non-hydrogen) atoms. The maximum absolute atomic E-state index is 12.7. The second kappa shape index (κ2) is 6.31. The van der Waals surface area contributed by atoms with Gasteiger partial charge in [-0.15, -0.1) is 0 Å². The third-order valence-corrected chi connectivity index (χ3v) is 5.34. The maximum Gasteiger partial charge on any atom is 0.177 e. The van der Waals surface area contributed by atoms with E-state index in [2.05, 4.69) is 51.7 Å². The number of carbonyl (C=O) groups is 1. The van der Waals surface area contributed by atoms with Crippen molar-refractivity contribution in [3.05, 3.63) is 34.4 Å². The lowest BCUT2D eigenvalue weighted by molar-refractivity contribution is 0.0935. The lowest BCUT2D eigenvalue weighted by Crippen LogP contribution is -2.31. The van der Waals surface area contributed by atoms with Gasteiger partial charge in [0, 0.05) is 12.1 Å². The molecule has 0 radical (unpaired) electrons. The molecule has 1 aromatic rings. The molecule has 2 rings (SSSR count). The van der Waals surface area contributed by atoms with E-state index in [0.717, 1.165) is 29.8 Å². The van der Waals surface area contributed by atoms with Gasteiger partial charge in [-0.05, 0) is 63.1 Å². The van der Waals surface area contributed by atoms with Gasteiger partial charge in [0.15, 0.2) is 5.78 Å². The Balaban J connectivity index is 2.10. The van der Waals surface area contributed by atoms with Gasteiger partial charge in [-0.1, -0.05) is 31.5 Å². The molecule has 2 nitrogen and oxygen atoms in total. The summed E-state index contributed by atoms with van der Waals surface area (Å²) in [5.74, 6) is 0.285. The second-order valence-corrected chi connectivity index (χ2v) is 6.86. The second-order valence-electron chi connectivity index (χ2n) is 6.86. The first kappa shape index (κ1) is 16.2. The molecule has 1 aliphatic heterocycles. The third kappa shape index (κ3) is 3.37. The quantitative estimate of drug-likeness (QED) is 0.752. The number of likely N-dealkylation sites (tertiary alicyclic amines) is 1. The summed E-state index contributed by atoms with van der Waals surface area (Å²) in [6, 6.07) is 4.24. The van der Waals surface area contributed by atoms with Crippen LogP contribution in [0.25, 0.3) is 0 Å². The maximum atomic E-state index is 12.7. The largest absolute Gasteiger partial charge is 0.295 e. The van der Waals surface area contributed by atoms with Crippen LogP contribution >= 0.6 is 0 Å². The molecule has 0 bridgehead atoms. The third-order valence-electron chi connectivity index (χ3n) is 5.34. The fraction of sp³-hybridized carbons (Fsp3) is 0.632. The van der Waals surface area contributed by atoms with Crippen LogP contribution in [0, 0.1) is 26.2 Å². The Labute approximate surface area is 129 Å². The van der Waals surface area contributed by atoms with Gasteiger partial charge in [0.25, 0.3) is 0 Å². The van der Waals surface area contributed by atoms with Gasteiger partial charge in [-0.2, -0.15) is 0 Å². The molecule has 116 valence electrons. The van der Waals surface area contributed by atoms with Gasteiger partial charge in [-0.3, -0.25) is 9.69 Å². The lowest BCUT2D eigenvalue weighted by Gasteiger charge is -2.26. The van der Waals surface area contributed by atoms with Crippen LogP contribution in [0.3, 0.4) is 0 Å². The molecule has 1 saturated heterocycles. The van der Waals surface area contributed by atoms with Crippen LogP contribution in [-0.2, 0) is 0 Å². The van der Waals surface area contributed by atoms with E-state index in [4.69, 9.17) is 0 Å². The summed E-state index contributed by atoms with van der Waals surface area (Å²) in [4.78, 5) is 15.1.